The second-order valence-corrected chi connectivity index (χ2v) is 6.29. The Balaban J connectivity index is 1.91. The minimum atomic E-state index is -0.496. The molecule has 1 unspecified atom stereocenters. The molecule has 0 aliphatic heterocycles. The van der Waals surface area contributed by atoms with Crippen molar-refractivity contribution in [1.29, 1.82) is 0 Å². The summed E-state index contributed by atoms with van der Waals surface area (Å²) in [7, 11) is 1.74. The van der Waals surface area contributed by atoms with Gasteiger partial charge in [0.25, 0.3) is 5.91 Å². The lowest BCUT2D eigenvalue weighted by Crippen LogP contribution is -2.38. The van der Waals surface area contributed by atoms with Crippen molar-refractivity contribution in [1.82, 2.24) is 10.6 Å². The molecular formula is C21H28N4O2. The number of nitrogens with zero attached hydrogens (tertiary/aromatic N) is 1. The molecule has 0 aliphatic carbocycles. The van der Waals surface area contributed by atoms with E-state index in [1.54, 1.807) is 13.1 Å². The predicted octanol–water partition coefficient (Wildman–Crippen LogP) is 2.54. The zero-order valence-electron chi connectivity index (χ0n) is 16.2. The Morgan fingerprint density at radius 3 is 2.56 bits per heavy atom. The maximum absolute atomic E-state index is 10.8. The van der Waals surface area contributed by atoms with E-state index in [1.807, 2.05) is 18.2 Å². The molecule has 0 fully saturated rings. The molecule has 144 valence electrons. The third-order valence-electron chi connectivity index (χ3n) is 4.20. The first-order valence-corrected chi connectivity index (χ1v) is 9.08. The number of carbonyl (C=O) groups is 1. The summed E-state index contributed by atoms with van der Waals surface area (Å²) < 4.78 is 5.33. The van der Waals surface area contributed by atoms with Gasteiger partial charge in [-0.2, -0.15) is 0 Å². The minimum Gasteiger partial charge on any atom is -0.484 e. The Hall–Kier alpha value is -3.02. The molecule has 2 aromatic rings. The smallest absolute Gasteiger partial charge is 0.255 e. The third-order valence-corrected chi connectivity index (χ3v) is 4.20. The van der Waals surface area contributed by atoms with Gasteiger partial charge in [0, 0.05) is 13.6 Å². The van der Waals surface area contributed by atoms with Gasteiger partial charge in [0.1, 0.15) is 5.75 Å². The van der Waals surface area contributed by atoms with Crippen LogP contribution in [-0.2, 0) is 17.8 Å². The Kier molecular flexibility index (Phi) is 7.67. The molecule has 6 heteroatoms. The summed E-state index contributed by atoms with van der Waals surface area (Å²) in [6.45, 7) is 4.70. The van der Waals surface area contributed by atoms with Crippen molar-refractivity contribution in [2.75, 3.05) is 13.7 Å². The SMILES string of the molecule is CCc1ccc(C(C)NC(=NC)NCc2cccc(OCC(N)=O)c2)cc1. The molecule has 2 rings (SSSR count). The van der Waals surface area contributed by atoms with Gasteiger partial charge in [0.05, 0.1) is 6.04 Å². The summed E-state index contributed by atoms with van der Waals surface area (Å²) in [5, 5.41) is 6.68. The number of aryl methyl sites for hydroxylation is 1. The normalized spacial score (nSPS) is 12.3. The number of benzene rings is 2. The summed E-state index contributed by atoms with van der Waals surface area (Å²) >= 11 is 0. The van der Waals surface area contributed by atoms with Crippen molar-refractivity contribution in [3.05, 3.63) is 65.2 Å². The van der Waals surface area contributed by atoms with E-state index in [1.165, 1.54) is 11.1 Å². The standard InChI is InChI=1S/C21H28N4O2/c1-4-16-8-10-18(11-9-16)15(2)25-21(23-3)24-13-17-6-5-7-19(12-17)27-14-20(22)26/h5-12,15H,4,13-14H2,1-3H3,(H2,22,26)(H2,23,24,25). The van der Waals surface area contributed by atoms with E-state index >= 15 is 0 Å². The summed E-state index contributed by atoms with van der Waals surface area (Å²) in [4.78, 5) is 15.1. The number of guanidine groups is 1. The highest BCUT2D eigenvalue weighted by molar-refractivity contribution is 5.80. The second-order valence-electron chi connectivity index (χ2n) is 6.29. The summed E-state index contributed by atoms with van der Waals surface area (Å²) in [5.74, 6) is 0.829. The highest BCUT2D eigenvalue weighted by atomic mass is 16.5. The minimum absolute atomic E-state index is 0.131. The van der Waals surface area contributed by atoms with Crippen molar-refractivity contribution in [2.45, 2.75) is 32.9 Å². The van der Waals surface area contributed by atoms with Crippen LogP contribution >= 0.6 is 0 Å². The van der Waals surface area contributed by atoms with Gasteiger partial charge in [-0.15, -0.1) is 0 Å². The summed E-state index contributed by atoms with van der Waals surface area (Å²) in [5.41, 5.74) is 8.65. The lowest BCUT2D eigenvalue weighted by atomic mass is 10.1. The molecule has 4 N–H and O–H groups in total. The van der Waals surface area contributed by atoms with E-state index in [0.717, 1.165) is 12.0 Å². The van der Waals surface area contributed by atoms with Crippen LogP contribution in [0, 0.1) is 0 Å². The number of nitrogens with two attached hydrogens (primary N) is 1. The molecule has 0 saturated carbocycles. The number of ether oxygens (including phenoxy) is 1. The van der Waals surface area contributed by atoms with Gasteiger partial charge in [-0.3, -0.25) is 9.79 Å². The molecule has 6 nitrogen and oxygen atoms in total. The van der Waals surface area contributed by atoms with E-state index in [-0.39, 0.29) is 12.6 Å². The number of aliphatic imine (C=N–C) groups is 1. The number of hydrogen-bond donors (Lipinski definition) is 3. The number of primary amides is 1. The maximum Gasteiger partial charge on any atom is 0.255 e. The monoisotopic (exact) mass is 368 g/mol. The first kappa shape index (κ1) is 20.3. The average Bonchev–Trinajstić information content (AvgIpc) is 2.69. The van der Waals surface area contributed by atoms with Crippen molar-refractivity contribution in [2.24, 2.45) is 10.7 Å². The molecule has 0 radical (unpaired) electrons. The first-order chi connectivity index (χ1) is 13.0. The van der Waals surface area contributed by atoms with E-state index in [0.29, 0.717) is 18.3 Å². The number of rotatable bonds is 8. The number of amides is 1. The van der Waals surface area contributed by atoms with Crippen LogP contribution in [0.15, 0.2) is 53.5 Å². The van der Waals surface area contributed by atoms with E-state index in [2.05, 4.69) is 53.7 Å². The zero-order valence-corrected chi connectivity index (χ0v) is 16.2. The van der Waals surface area contributed by atoms with Crippen molar-refractivity contribution >= 4 is 11.9 Å². The van der Waals surface area contributed by atoms with Crippen LogP contribution in [0.5, 0.6) is 5.75 Å². The highest BCUT2D eigenvalue weighted by Crippen LogP contribution is 2.15. The maximum atomic E-state index is 10.8. The van der Waals surface area contributed by atoms with Gasteiger partial charge in [-0.1, -0.05) is 43.3 Å². The Morgan fingerprint density at radius 2 is 1.93 bits per heavy atom. The molecule has 0 spiro atoms. The molecule has 0 aliphatic rings. The number of carbonyl (C=O) groups excluding carboxylic acids is 1. The van der Waals surface area contributed by atoms with Gasteiger partial charge in [0.15, 0.2) is 12.6 Å². The van der Waals surface area contributed by atoms with Crippen molar-refractivity contribution < 1.29 is 9.53 Å². The number of nitrogens with one attached hydrogen (secondary N) is 2. The Bertz CT molecular complexity index is 772. The highest BCUT2D eigenvalue weighted by Gasteiger charge is 2.08. The van der Waals surface area contributed by atoms with E-state index in [9.17, 15) is 4.79 Å². The van der Waals surface area contributed by atoms with Gasteiger partial charge < -0.3 is 21.1 Å². The molecule has 1 amide bonds. The fourth-order valence-electron chi connectivity index (χ4n) is 2.61. The van der Waals surface area contributed by atoms with Gasteiger partial charge in [0.2, 0.25) is 0 Å². The fraction of sp³-hybridized carbons (Fsp3) is 0.333. The van der Waals surface area contributed by atoms with Crippen LogP contribution < -0.4 is 21.1 Å². The van der Waals surface area contributed by atoms with Crippen LogP contribution in [0.2, 0.25) is 0 Å². The largest absolute Gasteiger partial charge is 0.484 e. The van der Waals surface area contributed by atoms with Crippen LogP contribution in [-0.4, -0.2) is 25.5 Å². The quantitative estimate of drug-likeness (QED) is 0.493. The number of hydrogen-bond acceptors (Lipinski definition) is 3. The summed E-state index contributed by atoms with van der Waals surface area (Å²) in [6, 6.07) is 16.2. The Labute approximate surface area is 160 Å². The van der Waals surface area contributed by atoms with Crippen molar-refractivity contribution in [3.63, 3.8) is 0 Å². The topological polar surface area (TPSA) is 88.7 Å². The van der Waals surface area contributed by atoms with E-state index in [4.69, 9.17) is 10.5 Å². The van der Waals surface area contributed by atoms with E-state index < -0.39 is 5.91 Å². The zero-order chi connectivity index (χ0) is 19.6. The molecule has 0 bridgehead atoms. The lowest BCUT2D eigenvalue weighted by Gasteiger charge is -2.19. The van der Waals surface area contributed by atoms with Crippen LogP contribution in [0.4, 0.5) is 0 Å². The molecule has 27 heavy (non-hydrogen) atoms. The fourth-order valence-corrected chi connectivity index (χ4v) is 2.61. The van der Waals surface area contributed by atoms with Gasteiger partial charge in [-0.25, -0.2) is 0 Å². The van der Waals surface area contributed by atoms with Crippen LogP contribution in [0.25, 0.3) is 0 Å². The molecule has 0 saturated heterocycles. The lowest BCUT2D eigenvalue weighted by molar-refractivity contribution is -0.119. The van der Waals surface area contributed by atoms with Gasteiger partial charge in [-0.05, 0) is 42.2 Å². The van der Waals surface area contributed by atoms with Crippen LogP contribution in [0.1, 0.15) is 36.6 Å². The third kappa shape index (κ3) is 6.66. The predicted molar refractivity (Wildman–Crippen MR) is 109 cm³/mol. The molecule has 0 aromatic heterocycles. The van der Waals surface area contributed by atoms with Crippen LogP contribution in [0.3, 0.4) is 0 Å². The molecule has 2 aromatic carbocycles. The first-order valence-electron chi connectivity index (χ1n) is 9.08. The van der Waals surface area contributed by atoms with Crippen molar-refractivity contribution in [3.8, 4) is 5.75 Å². The molecule has 1 atom stereocenters. The van der Waals surface area contributed by atoms with Gasteiger partial charge >= 0.3 is 0 Å². The summed E-state index contributed by atoms with van der Waals surface area (Å²) in [6.07, 6.45) is 1.04. The molecular weight excluding hydrogens is 340 g/mol. The average molecular weight is 368 g/mol. The molecule has 0 heterocycles. The Morgan fingerprint density at radius 1 is 1.19 bits per heavy atom. The second kappa shape index (κ2) is 10.2.